The molecule has 0 saturated carbocycles. The third kappa shape index (κ3) is 2.88. The molecule has 24 valence electrons. The lowest BCUT2D eigenvalue weighted by molar-refractivity contribution is 0.623. The van der Waals surface area contributed by atoms with E-state index in [0.717, 1.165) is 0 Å². The standard InChI is InChI=1S/BH5OP2/c2-1-4-3/h1-2,4H,3H2. The van der Waals surface area contributed by atoms with Crippen LogP contribution in [0.15, 0.2) is 0 Å². The highest BCUT2D eigenvalue weighted by atomic mass is 32.0. The molecule has 0 bridgehead atoms. The molecule has 1 nitrogen and oxygen atoms in total. The van der Waals surface area contributed by atoms with Crippen LogP contribution < -0.4 is 0 Å². The van der Waals surface area contributed by atoms with Gasteiger partial charge in [-0.1, -0.05) is 0 Å². The molecule has 0 aromatic carbocycles. The van der Waals surface area contributed by atoms with E-state index in [-0.39, 0.29) is 0 Å². The summed E-state index contributed by atoms with van der Waals surface area (Å²) in [6.07, 6.45) is 0. The van der Waals surface area contributed by atoms with Gasteiger partial charge in [-0.2, -0.15) is 0 Å². The fraction of sp³-hybridized carbons (Fsp3) is 0. The maximum Gasteiger partial charge on any atom is 0.300 e. The summed E-state index contributed by atoms with van der Waals surface area (Å²) in [7, 11) is 3.36. The van der Waals surface area contributed by atoms with Gasteiger partial charge in [-0.05, 0) is 0 Å². The summed E-state index contributed by atoms with van der Waals surface area (Å²) < 4.78 is 0. The average Bonchev–Trinajstić information content (AvgIpc) is 1.37. The molecule has 4 heteroatoms. The van der Waals surface area contributed by atoms with Gasteiger partial charge in [0.15, 0.2) is 0 Å². The van der Waals surface area contributed by atoms with Crippen molar-refractivity contribution in [3.8, 4) is 0 Å². The first-order valence-corrected chi connectivity index (χ1v) is 3.97. The van der Waals surface area contributed by atoms with Crippen LogP contribution in [-0.4, -0.2) is 12.2 Å². The third-order valence-electron chi connectivity index (χ3n) is 0.0913. The zero-order chi connectivity index (χ0) is 3.41. The normalized spacial score (nSPS) is 9.50. The summed E-state index contributed by atoms with van der Waals surface area (Å²) in [5.74, 6) is 0. The van der Waals surface area contributed by atoms with E-state index in [2.05, 4.69) is 8.93 Å². The molecule has 2 atom stereocenters. The Hall–Kier alpha value is 0.885. The summed E-state index contributed by atoms with van der Waals surface area (Å²) in [5.41, 5.74) is 0. The second-order valence-corrected chi connectivity index (χ2v) is 2.31. The molecule has 0 saturated heterocycles. The molecule has 0 aromatic heterocycles. The molecular weight excluding hydrogens is 88.8 g/mol. The van der Waals surface area contributed by atoms with Crippen molar-refractivity contribution in [2.24, 2.45) is 0 Å². The average molecular weight is 93.8 g/mol. The molecule has 0 spiro atoms. The SMILES string of the molecule is OBPP. The molecule has 0 aliphatic rings. The summed E-state index contributed by atoms with van der Waals surface area (Å²) in [6, 6.07) is 0. The monoisotopic (exact) mass is 94.0 g/mol. The first-order valence-electron chi connectivity index (χ1n) is 0.958. The highest BCUT2D eigenvalue weighted by Crippen LogP contribution is 2.13. The van der Waals surface area contributed by atoms with E-state index < -0.39 is 0 Å². The van der Waals surface area contributed by atoms with Gasteiger partial charge in [0, 0.05) is 0 Å². The highest BCUT2D eigenvalue weighted by Gasteiger charge is 1.63. The minimum atomic E-state index is 0.310. The van der Waals surface area contributed by atoms with Crippen LogP contribution in [0.25, 0.3) is 0 Å². The molecule has 0 amide bonds. The van der Waals surface area contributed by atoms with Crippen LogP contribution in [0, 0.1) is 0 Å². The van der Waals surface area contributed by atoms with E-state index in [1.165, 1.54) is 0 Å². The van der Waals surface area contributed by atoms with Crippen LogP contribution in [0.5, 0.6) is 0 Å². The first kappa shape index (κ1) is 4.88. The number of hydrogen-bond donors (Lipinski definition) is 1. The van der Waals surface area contributed by atoms with E-state index in [0.29, 0.717) is 15.3 Å². The summed E-state index contributed by atoms with van der Waals surface area (Å²) >= 11 is 0. The van der Waals surface area contributed by atoms with Gasteiger partial charge in [0.25, 0.3) is 7.20 Å². The van der Waals surface area contributed by atoms with E-state index in [9.17, 15) is 0 Å². The molecular formula is H5BOP2. The van der Waals surface area contributed by atoms with Gasteiger partial charge in [0.1, 0.15) is 0 Å². The number of rotatable bonds is 1. The van der Waals surface area contributed by atoms with Gasteiger partial charge in [-0.25, -0.2) is 0 Å². The molecule has 0 aromatic rings. The van der Waals surface area contributed by atoms with Crippen molar-refractivity contribution in [1.29, 1.82) is 0 Å². The second-order valence-electron chi connectivity index (χ2n) is 0.362. The van der Waals surface area contributed by atoms with Crippen molar-refractivity contribution >= 4 is 24.3 Å². The molecule has 0 heterocycles. The maximum absolute atomic E-state index is 7.87. The summed E-state index contributed by atoms with van der Waals surface area (Å²) in [6.45, 7) is 0. The van der Waals surface area contributed by atoms with Crippen molar-refractivity contribution in [1.82, 2.24) is 0 Å². The Morgan fingerprint density at radius 2 is 2.25 bits per heavy atom. The first-order chi connectivity index (χ1) is 1.91. The summed E-state index contributed by atoms with van der Waals surface area (Å²) in [4.78, 5) is 0. The van der Waals surface area contributed by atoms with Crippen molar-refractivity contribution in [3.63, 3.8) is 0 Å². The lowest BCUT2D eigenvalue weighted by Gasteiger charge is -1.65. The van der Waals surface area contributed by atoms with Gasteiger partial charge in [-0.15, -0.1) is 17.1 Å². The smallest absolute Gasteiger partial charge is 0.300 e. The van der Waals surface area contributed by atoms with Crippen LogP contribution in [0.2, 0.25) is 0 Å². The Bertz CT molecular complexity index is 8.00. The van der Waals surface area contributed by atoms with Gasteiger partial charge >= 0.3 is 0 Å². The minimum absolute atomic E-state index is 0.310. The second kappa shape index (κ2) is 3.88. The fourth-order valence-electron chi connectivity index (χ4n) is 0. The van der Waals surface area contributed by atoms with Gasteiger partial charge in [0.2, 0.25) is 0 Å². The predicted octanol–water partition coefficient (Wildman–Crippen LogP) is -0.286. The topological polar surface area (TPSA) is 20.2 Å². The van der Waals surface area contributed by atoms with Gasteiger partial charge in [0.05, 0.1) is 0 Å². The largest absolute Gasteiger partial charge is 0.449 e. The van der Waals surface area contributed by atoms with Crippen LogP contribution in [0.4, 0.5) is 0 Å². The van der Waals surface area contributed by atoms with Crippen molar-refractivity contribution in [2.45, 2.75) is 0 Å². The van der Waals surface area contributed by atoms with Crippen molar-refractivity contribution in [2.75, 3.05) is 0 Å². The van der Waals surface area contributed by atoms with Crippen molar-refractivity contribution in [3.05, 3.63) is 0 Å². The van der Waals surface area contributed by atoms with E-state index in [4.69, 9.17) is 5.02 Å². The van der Waals surface area contributed by atoms with Crippen LogP contribution >= 0.6 is 17.1 Å². The zero-order valence-corrected chi connectivity index (χ0v) is 4.39. The molecule has 0 aliphatic carbocycles. The van der Waals surface area contributed by atoms with E-state index in [1.54, 1.807) is 0 Å². The molecule has 0 fully saturated rings. The fourth-order valence-corrected chi connectivity index (χ4v) is 0. The Kier molecular flexibility index (Phi) is 4.74. The van der Waals surface area contributed by atoms with Crippen LogP contribution in [0.1, 0.15) is 0 Å². The molecule has 0 rings (SSSR count). The lowest BCUT2D eigenvalue weighted by Crippen LogP contribution is -1.62. The summed E-state index contributed by atoms with van der Waals surface area (Å²) in [5, 5.41) is 7.87. The third-order valence-corrected chi connectivity index (χ3v) is 0.822. The number of hydrogen-bond acceptors (Lipinski definition) is 1. The Balaban J connectivity index is 1.97. The highest BCUT2D eigenvalue weighted by molar-refractivity contribution is 8.16. The van der Waals surface area contributed by atoms with Crippen LogP contribution in [-0.2, 0) is 0 Å². The van der Waals surface area contributed by atoms with Crippen LogP contribution in [0.3, 0.4) is 0 Å². The quantitative estimate of drug-likeness (QED) is 0.349. The van der Waals surface area contributed by atoms with Gasteiger partial charge in [-0.3, -0.25) is 0 Å². The molecule has 1 N–H and O–H groups in total. The Morgan fingerprint density at radius 3 is 2.25 bits per heavy atom. The molecule has 0 radical (unpaired) electrons. The zero-order valence-electron chi connectivity index (χ0n) is 2.23. The van der Waals surface area contributed by atoms with Crippen molar-refractivity contribution < 1.29 is 5.02 Å². The Morgan fingerprint density at radius 1 is 2.00 bits per heavy atom. The minimum Gasteiger partial charge on any atom is -0.449 e. The van der Waals surface area contributed by atoms with E-state index in [1.807, 2.05) is 0 Å². The molecule has 4 heavy (non-hydrogen) atoms. The Labute approximate surface area is 30.3 Å². The predicted molar refractivity (Wildman–Crippen MR) is 27.4 cm³/mol. The molecule has 0 aliphatic heterocycles. The lowest BCUT2D eigenvalue weighted by atomic mass is 10.6. The van der Waals surface area contributed by atoms with E-state index >= 15 is 0 Å². The molecule has 2 unspecified atom stereocenters. The van der Waals surface area contributed by atoms with Gasteiger partial charge < -0.3 is 5.02 Å². The maximum atomic E-state index is 7.87.